The second kappa shape index (κ2) is 11.3. The molecule has 1 aliphatic rings. The van der Waals surface area contributed by atoms with Crippen LogP contribution in [0.3, 0.4) is 0 Å². The van der Waals surface area contributed by atoms with Gasteiger partial charge in [-0.05, 0) is 69.5 Å². The lowest BCUT2D eigenvalue weighted by Gasteiger charge is -2.33. The van der Waals surface area contributed by atoms with Crippen LogP contribution in [0.5, 0.6) is 0 Å². The molecule has 43 heavy (non-hydrogen) atoms. The molecule has 0 saturated carbocycles. The number of aryl methyl sites for hydroxylation is 1. The maximum atomic E-state index is 13.2. The molecule has 1 aromatic carbocycles. The number of amides is 2. The number of benzene rings is 1. The fraction of sp³-hybridized carbons (Fsp3) is 0.355. The fourth-order valence-corrected chi connectivity index (χ4v) is 5.57. The van der Waals surface area contributed by atoms with E-state index < -0.39 is 11.7 Å². The number of anilines is 1. The predicted octanol–water partition coefficient (Wildman–Crippen LogP) is 5.67. The molecule has 12 heteroatoms. The van der Waals surface area contributed by atoms with Crippen molar-refractivity contribution >= 4 is 51.5 Å². The molecule has 0 aliphatic carbocycles. The lowest BCUT2D eigenvalue weighted by atomic mass is 9.97. The van der Waals surface area contributed by atoms with E-state index in [0.717, 1.165) is 39.6 Å². The Balaban J connectivity index is 1.20. The average Bonchev–Trinajstić information content (AvgIpc) is 3.55. The molecule has 222 valence electrons. The van der Waals surface area contributed by atoms with Crippen molar-refractivity contribution in [1.82, 2.24) is 34.4 Å². The minimum Gasteiger partial charge on any atom is -0.444 e. The van der Waals surface area contributed by atoms with Crippen LogP contribution in [0.1, 0.15) is 39.2 Å². The lowest BCUT2D eigenvalue weighted by molar-refractivity contribution is -0.121. The van der Waals surface area contributed by atoms with Gasteiger partial charge in [-0.15, -0.1) is 5.10 Å². The van der Waals surface area contributed by atoms with E-state index in [-0.39, 0.29) is 11.8 Å². The number of piperidine rings is 1. The van der Waals surface area contributed by atoms with E-state index in [4.69, 9.17) is 16.3 Å². The highest BCUT2D eigenvalue weighted by atomic mass is 35.5. The van der Waals surface area contributed by atoms with Crippen LogP contribution in [0.2, 0.25) is 5.02 Å². The van der Waals surface area contributed by atoms with Gasteiger partial charge >= 0.3 is 6.09 Å². The van der Waals surface area contributed by atoms with E-state index in [0.29, 0.717) is 42.5 Å². The number of pyridine rings is 2. The Kier molecular flexibility index (Phi) is 7.51. The second-order valence-electron chi connectivity index (χ2n) is 11.9. The second-order valence-corrected chi connectivity index (χ2v) is 12.3. The van der Waals surface area contributed by atoms with Crippen LogP contribution in [-0.2, 0) is 23.1 Å². The van der Waals surface area contributed by atoms with Crippen molar-refractivity contribution in [3.05, 3.63) is 65.6 Å². The van der Waals surface area contributed by atoms with Gasteiger partial charge in [-0.25, -0.2) is 14.5 Å². The van der Waals surface area contributed by atoms with E-state index >= 15 is 0 Å². The first-order valence-corrected chi connectivity index (χ1v) is 14.6. The summed E-state index contributed by atoms with van der Waals surface area (Å²) in [7, 11) is 1.88. The number of nitrogens with zero attached hydrogens (tertiary/aromatic N) is 7. The smallest absolute Gasteiger partial charge is 0.410 e. The Hall–Kier alpha value is -4.51. The quantitative estimate of drug-likeness (QED) is 0.276. The maximum absolute atomic E-state index is 13.2. The Morgan fingerprint density at radius 2 is 1.91 bits per heavy atom. The zero-order valence-corrected chi connectivity index (χ0v) is 25.3. The van der Waals surface area contributed by atoms with Crippen LogP contribution in [0.15, 0.2) is 55.0 Å². The van der Waals surface area contributed by atoms with Crippen LogP contribution < -0.4 is 5.32 Å². The Morgan fingerprint density at radius 1 is 1.07 bits per heavy atom. The van der Waals surface area contributed by atoms with Gasteiger partial charge in [0.05, 0.1) is 27.5 Å². The van der Waals surface area contributed by atoms with Gasteiger partial charge in [0.25, 0.3) is 0 Å². The predicted molar refractivity (Wildman–Crippen MR) is 165 cm³/mol. The van der Waals surface area contributed by atoms with Gasteiger partial charge in [0.2, 0.25) is 5.91 Å². The third-order valence-corrected chi connectivity index (χ3v) is 7.81. The number of fused-ring (bicyclic) bond motifs is 2. The SMILES string of the molecule is Cn1nnc2ccc(Cn3ccc4ncc(-c5cc(NC(=O)C6CCCN(C(=O)OC(C)(C)C)C6)ncc5Cl)cc43)cc21. The number of aromatic nitrogens is 6. The van der Waals surface area contributed by atoms with E-state index in [1.54, 1.807) is 21.8 Å². The first-order chi connectivity index (χ1) is 20.5. The summed E-state index contributed by atoms with van der Waals surface area (Å²) in [5, 5.41) is 11.6. The summed E-state index contributed by atoms with van der Waals surface area (Å²) in [6.45, 7) is 6.98. The largest absolute Gasteiger partial charge is 0.444 e. The Morgan fingerprint density at radius 3 is 2.72 bits per heavy atom. The number of halogens is 1. The highest BCUT2D eigenvalue weighted by Gasteiger charge is 2.31. The molecular weight excluding hydrogens is 568 g/mol. The van der Waals surface area contributed by atoms with Gasteiger partial charge in [-0.3, -0.25) is 9.78 Å². The first-order valence-electron chi connectivity index (χ1n) is 14.2. The number of rotatable bonds is 5. The Bertz CT molecular complexity index is 1840. The summed E-state index contributed by atoms with van der Waals surface area (Å²) >= 11 is 6.59. The molecule has 0 bridgehead atoms. The highest BCUT2D eigenvalue weighted by molar-refractivity contribution is 6.33. The normalized spacial score (nSPS) is 15.7. The summed E-state index contributed by atoms with van der Waals surface area (Å²) in [4.78, 5) is 36.4. The number of likely N-dealkylation sites (tertiary alicyclic amines) is 1. The molecule has 5 aromatic rings. The molecule has 1 saturated heterocycles. The summed E-state index contributed by atoms with van der Waals surface area (Å²) in [6, 6.07) is 11.9. The van der Waals surface area contributed by atoms with E-state index in [2.05, 4.69) is 36.2 Å². The van der Waals surface area contributed by atoms with Crippen molar-refractivity contribution in [2.45, 2.75) is 45.8 Å². The fourth-order valence-electron chi connectivity index (χ4n) is 5.36. The van der Waals surface area contributed by atoms with Crippen LogP contribution in [0.25, 0.3) is 33.2 Å². The average molecular weight is 601 g/mol. The zero-order chi connectivity index (χ0) is 30.3. The van der Waals surface area contributed by atoms with Gasteiger partial charge < -0.3 is 19.5 Å². The van der Waals surface area contributed by atoms with E-state index in [1.807, 2.05) is 58.3 Å². The molecule has 2 amide bonds. The molecule has 11 nitrogen and oxygen atoms in total. The lowest BCUT2D eigenvalue weighted by Crippen LogP contribution is -2.45. The molecule has 4 aromatic heterocycles. The minimum absolute atomic E-state index is 0.197. The molecule has 6 rings (SSSR count). The van der Waals surface area contributed by atoms with Gasteiger partial charge in [-0.1, -0.05) is 22.9 Å². The number of hydrogen-bond donors (Lipinski definition) is 1. The number of carbonyl (C=O) groups is 2. The van der Waals surface area contributed by atoms with Crippen LogP contribution in [0, 0.1) is 5.92 Å². The molecule has 0 radical (unpaired) electrons. The topological polar surface area (TPSA) is 120 Å². The van der Waals surface area contributed by atoms with Crippen molar-refractivity contribution in [2.24, 2.45) is 13.0 Å². The van der Waals surface area contributed by atoms with Crippen molar-refractivity contribution < 1.29 is 14.3 Å². The van der Waals surface area contributed by atoms with Crippen molar-refractivity contribution in [1.29, 1.82) is 0 Å². The zero-order valence-electron chi connectivity index (χ0n) is 24.5. The molecule has 5 heterocycles. The van der Waals surface area contributed by atoms with E-state index in [9.17, 15) is 9.59 Å². The number of ether oxygens (including phenoxy) is 1. The molecule has 1 N–H and O–H groups in total. The summed E-state index contributed by atoms with van der Waals surface area (Å²) in [5.74, 6) is -0.186. The molecule has 1 atom stereocenters. The Labute approximate surface area is 253 Å². The molecular formula is C31H33ClN8O3. The molecule has 1 aliphatic heterocycles. The van der Waals surface area contributed by atoms with Crippen molar-refractivity contribution in [3.63, 3.8) is 0 Å². The van der Waals surface area contributed by atoms with Crippen LogP contribution >= 0.6 is 11.6 Å². The number of hydrogen-bond acceptors (Lipinski definition) is 7. The molecule has 1 unspecified atom stereocenters. The standard InChI is InChI=1S/C31H33ClN8O3/c1-31(2,3)43-30(42)40-10-5-6-20(18-40)29(41)35-28-14-22(23(32)16-34-28)21-13-27-24(33-15-21)9-11-39(27)17-19-7-8-25-26(12-19)38(4)37-36-25/h7-9,11-16,20H,5-6,10,17-18H2,1-4H3,(H,34,35,41). The highest BCUT2D eigenvalue weighted by Crippen LogP contribution is 2.32. The van der Waals surface area contributed by atoms with Gasteiger partial charge in [0.15, 0.2) is 0 Å². The van der Waals surface area contributed by atoms with Crippen LogP contribution in [0.4, 0.5) is 10.6 Å². The van der Waals surface area contributed by atoms with E-state index in [1.165, 1.54) is 6.20 Å². The first kappa shape index (κ1) is 28.6. The van der Waals surface area contributed by atoms with Gasteiger partial charge in [0, 0.05) is 56.4 Å². The van der Waals surface area contributed by atoms with Crippen molar-refractivity contribution in [3.8, 4) is 11.1 Å². The van der Waals surface area contributed by atoms with Gasteiger partial charge in [0.1, 0.15) is 16.9 Å². The third kappa shape index (κ3) is 6.17. The minimum atomic E-state index is -0.596. The number of nitrogens with one attached hydrogen (secondary N) is 1. The van der Waals surface area contributed by atoms with Crippen LogP contribution in [-0.4, -0.2) is 65.1 Å². The summed E-state index contributed by atoms with van der Waals surface area (Å²) in [5.41, 5.74) is 5.65. The monoisotopic (exact) mass is 600 g/mol. The maximum Gasteiger partial charge on any atom is 0.410 e. The van der Waals surface area contributed by atoms with Crippen molar-refractivity contribution in [2.75, 3.05) is 18.4 Å². The van der Waals surface area contributed by atoms with Gasteiger partial charge in [-0.2, -0.15) is 0 Å². The summed E-state index contributed by atoms with van der Waals surface area (Å²) < 4.78 is 9.40. The summed E-state index contributed by atoms with van der Waals surface area (Å²) in [6.07, 6.45) is 6.30. The third-order valence-electron chi connectivity index (χ3n) is 7.51. The number of carbonyl (C=O) groups excluding carboxylic acids is 2. The molecule has 0 spiro atoms. The molecule has 1 fully saturated rings.